The van der Waals surface area contributed by atoms with Crippen LogP contribution in [-0.2, 0) is 13.0 Å². The van der Waals surface area contributed by atoms with Crippen molar-refractivity contribution < 1.29 is 5.11 Å². The van der Waals surface area contributed by atoms with Crippen molar-refractivity contribution in [2.24, 2.45) is 0 Å². The van der Waals surface area contributed by atoms with Crippen LogP contribution in [-0.4, -0.2) is 14.9 Å². The minimum atomic E-state index is -0.506. The maximum absolute atomic E-state index is 10.9. The SMILES string of the molecule is CCn1ncc(Br)c1C(O)C1CCCc2ccccc21. The Morgan fingerprint density at radius 2 is 2.25 bits per heavy atom. The van der Waals surface area contributed by atoms with Crippen LogP contribution in [0.2, 0.25) is 0 Å². The van der Waals surface area contributed by atoms with Crippen LogP contribution in [0.15, 0.2) is 34.9 Å². The molecule has 1 aliphatic rings. The fourth-order valence-electron chi connectivity index (χ4n) is 3.23. The molecular formula is C16H19BrN2O. The number of aromatic nitrogens is 2. The van der Waals surface area contributed by atoms with E-state index in [1.807, 2.05) is 11.6 Å². The summed E-state index contributed by atoms with van der Waals surface area (Å²) < 4.78 is 2.78. The third-order valence-corrected chi connectivity index (χ3v) is 4.82. The van der Waals surface area contributed by atoms with Gasteiger partial charge >= 0.3 is 0 Å². The third-order valence-electron chi connectivity index (χ3n) is 4.21. The van der Waals surface area contributed by atoms with Gasteiger partial charge in [-0.3, -0.25) is 4.68 Å². The summed E-state index contributed by atoms with van der Waals surface area (Å²) in [5.41, 5.74) is 3.57. The van der Waals surface area contributed by atoms with Gasteiger partial charge in [-0.1, -0.05) is 24.3 Å². The monoisotopic (exact) mass is 334 g/mol. The Bertz CT molecular complexity index is 608. The van der Waals surface area contributed by atoms with E-state index in [-0.39, 0.29) is 5.92 Å². The molecule has 0 bridgehead atoms. The zero-order valence-electron chi connectivity index (χ0n) is 11.6. The number of benzene rings is 1. The third kappa shape index (κ3) is 2.31. The van der Waals surface area contributed by atoms with Crippen LogP contribution in [0.5, 0.6) is 0 Å². The molecule has 1 aliphatic carbocycles. The van der Waals surface area contributed by atoms with Crippen LogP contribution in [0.1, 0.15) is 48.6 Å². The molecule has 4 heteroatoms. The first-order valence-corrected chi connectivity index (χ1v) is 7.98. The lowest BCUT2D eigenvalue weighted by Crippen LogP contribution is -2.20. The van der Waals surface area contributed by atoms with Crippen molar-refractivity contribution in [2.75, 3.05) is 0 Å². The molecular weight excluding hydrogens is 316 g/mol. The predicted molar refractivity (Wildman–Crippen MR) is 82.7 cm³/mol. The largest absolute Gasteiger partial charge is 0.386 e. The Morgan fingerprint density at radius 3 is 3.05 bits per heavy atom. The highest BCUT2D eigenvalue weighted by Crippen LogP contribution is 2.41. The molecule has 0 fully saturated rings. The summed E-state index contributed by atoms with van der Waals surface area (Å²) in [6.45, 7) is 2.82. The van der Waals surface area contributed by atoms with E-state index in [1.165, 1.54) is 11.1 Å². The average molecular weight is 335 g/mol. The van der Waals surface area contributed by atoms with Gasteiger partial charge in [-0.25, -0.2) is 0 Å². The smallest absolute Gasteiger partial charge is 0.104 e. The molecule has 1 aromatic carbocycles. The van der Waals surface area contributed by atoms with Crippen LogP contribution in [0.4, 0.5) is 0 Å². The Kier molecular flexibility index (Phi) is 3.94. The number of hydrogen-bond donors (Lipinski definition) is 1. The first-order valence-electron chi connectivity index (χ1n) is 7.19. The topological polar surface area (TPSA) is 38.0 Å². The number of fused-ring (bicyclic) bond motifs is 1. The van der Waals surface area contributed by atoms with Gasteiger partial charge in [-0.2, -0.15) is 5.10 Å². The molecule has 1 heterocycles. The number of rotatable bonds is 3. The molecule has 1 aromatic heterocycles. The van der Waals surface area contributed by atoms with E-state index < -0.39 is 6.10 Å². The van der Waals surface area contributed by atoms with Gasteiger partial charge in [0.1, 0.15) is 6.10 Å². The van der Waals surface area contributed by atoms with Crippen LogP contribution in [0.3, 0.4) is 0 Å². The fraction of sp³-hybridized carbons (Fsp3) is 0.438. The highest BCUT2D eigenvalue weighted by Gasteiger charge is 2.30. The van der Waals surface area contributed by atoms with Crippen LogP contribution < -0.4 is 0 Å². The van der Waals surface area contributed by atoms with Crippen molar-refractivity contribution in [3.63, 3.8) is 0 Å². The second-order valence-corrected chi connectivity index (χ2v) is 6.19. The van der Waals surface area contributed by atoms with E-state index in [2.05, 4.69) is 45.3 Å². The van der Waals surface area contributed by atoms with Gasteiger partial charge in [0.15, 0.2) is 0 Å². The maximum atomic E-state index is 10.9. The van der Waals surface area contributed by atoms with Gasteiger partial charge < -0.3 is 5.11 Å². The van der Waals surface area contributed by atoms with Crippen molar-refractivity contribution in [3.05, 3.63) is 51.8 Å². The number of halogens is 1. The number of hydrogen-bond acceptors (Lipinski definition) is 2. The van der Waals surface area contributed by atoms with E-state index in [0.717, 1.165) is 36.0 Å². The number of aryl methyl sites for hydroxylation is 2. The predicted octanol–water partition coefficient (Wildman–Crippen LogP) is 3.82. The van der Waals surface area contributed by atoms with E-state index in [4.69, 9.17) is 0 Å². The zero-order chi connectivity index (χ0) is 14.1. The lowest BCUT2D eigenvalue weighted by Gasteiger charge is -2.30. The minimum absolute atomic E-state index is 0.165. The molecule has 0 radical (unpaired) electrons. The van der Waals surface area contributed by atoms with Gasteiger partial charge in [0.2, 0.25) is 0 Å². The van der Waals surface area contributed by atoms with Gasteiger partial charge in [-0.05, 0) is 53.2 Å². The van der Waals surface area contributed by atoms with Gasteiger partial charge in [0.25, 0.3) is 0 Å². The molecule has 0 saturated heterocycles. The Labute approximate surface area is 127 Å². The van der Waals surface area contributed by atoms with Gasteiger partial charge in [0.05, 0.1) is 16.4 Å². The summed E-state index contributed by atoms with van der Waals surface area (Å²) in [7, 11) is 0. The quantitative estimate of drug-likeness (QED) is 0.926. The van der Waals surface area contributed by atoms with Gasteiger partial charge in [-0.15, -0.1) is 0 Å². The maximum Gasteiger partial charge on any atom is 0.104 e. The van der Waals surface area contributed by atoms with E-state index in [1.54, 1.807) is 6.20 Å². The highest BCUT2D eigenvalue weighted by molar-refractivity contribution is 9.10. The molecule has 106 valence electrons. The summed E-state index contributed by atoms with van der Waals surface area (Å²) >= 11 is 3.52. The number of aliphatic hydroxyl groups excluding tert-OH is 1. The second kappa shape index (κ2) is 5.70. The number of nitrogens with zero attached hydrogens (tertiary/aromatic N) is 2. The standard InChI is InChI=1S/C16H19BrN2O/c1-2-19-15(14(17)10-18-19)16(20)13-9-5-7-11-6-3-4-8-12(11)13/h3-4,6,8,10,13,16,20H,2,5,7,9H2,1H3. The molecule has 0 aliphatic heterocycles. The Hall–Kier alpha value is -1.13. The molecule has 1 N–H and O–H groups in total. The molecule has 2 atom stereocenters. The molecule has 0 spiro atoms. The van der Waals surface area contributed by atoms with Crippen molar-refractivity contribution in [2.45, 2.75) is 44.8 Å². The molecule has 0 amide bonds. The van der Waals surface area contributed by atoms with E-state index in [0.29, 0.717) is 0 Å². The lowest BCUT2D eigenvalue weighted by atomic mass is 9.79. The summed E-state index contributed by atoms with van der Waals surface area (Å²) in [6.07, 6.45) is 4.55. The normalized spacial score (nSPS) is 19.6. The molecule has 2 unspecified atom stereocenters. The number of aliphatic hydroxyl groups is 1. The summed E-state index contributed by atoms with van der Waals surface area (Å²) in [5.74, 6) is 0.165. The molecule has 3 rings (SSSR count). The van der Waals surface area contributed by atoms with E-state index >= 15 is 0 Å². The lowest BCUT2D eigenvalue weighted by molar-refractivity contribution is 0.125. The Morgan fingerprint density at radius 1 is 1.45 bits per heavy atom. The second-order valence-electron chi connectivity index (χ2n) is 5.34. The summed E-state index contributed by atoms with van der Waals surface area (Å²) in [4.78, 5) is 0. The highest BCUT2D eigenvalue weighted by atomic mass is 79.9. The minimum Gasteiger partial charge on any atom is -0.386 e. The molecule has 20 heavy (non-hydrogen) atoms. The van der Waals surface area contributed by atoms with Crippen LogP contribution in [0.25, 0.3) is 0 Å². The molecule has 3 nitrogen and oxygen atoms in total. The average Bonchev–Trinajstić information content (AvgIpc) is 2.87. The molecule has 2 aromatic rings. The van der Waals surface area contributed by atoms with Crippen molar-refractivity contribution in [1.82, 2.24) is 9.78 Å². The Balaban J connectivity index is 1.99. The van der Waals surface area contributed by atoms with Crippen molar-refractivity contribution in [1.29, 1.82) is 0 Å². The summed E-state index contributed by atoms with van der Waals surface area (Å²) in [5, 5.41) is 15.2. The summed E-state index contributed by atoms with van der Waals surface area (Å²) in [6, 6.07) is 8.49. The first kappa shape index (κ1) is 13.8. The van der Waals surface area contributed by atoms with Crippen LogP contribution in [0, 0.1) is 0 Å². The van der Waals surface area contributed by atoms with Crippen molar-refractivity contribution >= 4 is 15.9 Å². The fourth-order valence-corrected chi connectivity index (χ4v) is 3.76. The van der Waals surface area contributed by atoms with Crippen LogP contribution >= 0.6 is 15.9 Å². The van der Waals surface area contributed by atoms with Gasteiger partial charge in [0, 0.05) is 12.5 Å². The van der Waals surface area contributed by atoms with Crippen molar-refractivity contribution in [3.8, 4) is 0 Å². The molecule has 0 saturated carbocycles. The van der Waals surface area contributed by atoms with E-state index in [9.17, 15) is 5.11 Å². The zero-order valence-corrected chi connectivity index (χ0v) is 13.2. The first-order chi connectivity index (χ1) is 9.72.